The molecule has 1 saturated heterocycles. The summed E-state index contributed by atoms with van der Waals surface area (Å²) in [6, 6.07) is 0. The van der Waals surface area contributed by atoms with Crippen molar-refractivity contribution >= 4 is 7.82 Å². The average molecular weight is 248 g/mol. The van der Waals surface area contributed by atoms with E-state index in [0.29, 0.717) is 0 Å². The highest BCUT2D eigenvalue weighted by Gasteiger charge is 2.36. The second-order valence-corrected chi connectivity index (χ2v) is 3.81. The maximum atomic E-state index is 8.88. The molecule has 0 saturated carbocycles. The number of hydrogen-bond acceptors (Lipinski definition) is 6. The van der Waals surface area contributed by atoms with Crippen molar-refractivity contribution < 1.29 is 44.4 Å². The molecule has 0 aliphatic carbocycles. The van der Waals surface area contributed by atoms with E-state index in [9.17, 15) is 0 Å². The zero-order valence-corrected chi connectivity index (χ0v) is 8.31. The van der Waals surface area contributed by atoms with Gasteiger partial charge in [-0.2, -0.15) is 0 Å². The number of aliphatic hydroxyl groups excluding tert-OH is 4. The van der Waals surface area contributed by atoms with Gasteiger partial charge in [-0.15, -0.1) is 0 Å². The highest BCUT2D eigenvalue weighted by atomic mass is 31.2. The lowest BCUT2D eigenvalue weighted by Gasteiger charge is -2.31. The van der Waals surface area contributed by atoms with E-state index in [2.05, 4.69) is 4.74 Å². The van der Waals surface area contributed by atoms with E-state index >= 15 is 0 Å². The van der Waals surface area contributed by atoms with Gasteiger partial charge in [-0.25, -0.2) is 4.57 Å². The van der Waals surface area contributed by atoms with Crippen molar-refractivity contribution in [1.82, 2.24) is 0 Å². The molecular weight excluding hydrogens is 235 g/mol. The molecule has 1 fully saturated rings. The molecule has 1 rings (SSSR count). The second kappa shape index (κ2) is 5.85. The lowest BCUT2D eigenvalue weighted by Crippen LogP contribution is -2.52. The van der Waals surface area contributed by atoms with Crippen LogP contribution in [-0.2, 0) is 9.30 Å². The Morgan fingerprint density at radius 1 is 1.00 bits per heavy atom. The summed E-state index contributed by atoms with van der Waals surface area (Å²) in [4.78, 5) is 21.6. The molecule has 10 heteroatoms. The van der Waals surface area contributed by atoms with E-state index in [-0.39, 0.29) is 6.61 Å². The van der Waals surface area contributed by atoms with Gasteiger partial charge in [-0.05, 0) is 0 Å². The van der Waals surface area contributed by atoms with Gasteiger partial charge in [0.25, 0.3) is 0 Å². The number of ether oxygens (including phenoxy) is 1. The summed E-state index contributed by atoms with van der Waals surface area (Å²) >= 11 is 0. The standard InChI is InChI=1S/C5H10O5.H3O4P/c6-2-1-10-5(9)4(8)3(2)7;1-5(2,3)4/h2-9H,1H2;(H3,1,2,3,4)/t2-,3+,4-,5-;/m1./s1. The molecule has 0 aromatic rings. The van der Waals surface area contributed by atoms with Crippen molar-refractivity contribution in [2.24, 2.45) is 0 Å². The summed E-state index contributed by atoms with van der Waals surface area (Å²) in [7, 11) is -4.64. The molecule has 0 amide bonds. The maximum absolute atomic E-state index is 8.88. The number of phosphoric acid groups is 1. The Morgan fingerprint density at radius 3 is 1.73 bits per heavy atom. The van der Waals surface area contributed by atoms with Crippen molar-refractivity contribution in [2.45, 2.75) is 24.6 Å². The molecule has 1 aliphatic heterocycles. The lowest BCUT2D eigenvalue weighted by molar-refractivity contribution is -0.252. The Labute approximate surface area is 84.4 Å². The third-order valence-electron chi connectivity index (χ3n) is 1.47. The van der Waals surface area contributed by atoms with Crippen LogP contribution in [0.2, 0.25) is 0 Å². The molecule has 0 radical (unpaired) electrons. The summed E-state index contributed by atoms with van der Waals surface area (Å²) in [5.41, 5.74) is 0. The van der Waals surface area contributed by atoms with Crippen LogP contribution in [0.25, 0.3) is 0 Å². The fourth-order valence-corrected chi connectivity index (χ4v) is 0.791. The molecule has 0 aromatic heterocycles. The first-order valence-corrected chi connectivity index (χ1v) is 5.31. The van der Waals surface area contributed by atoms with Gasteiger partial charge in [-0.3, -0.25) is 0 Å². The van der Waals surface area contributed by atoms with Crippen LogP contribution in [0.15, 0.2) is 0 Å². The Morgan fingerprint density at radius 2 is 1.40 bits per heavy atom. The first-order valence-electron chi connectivity index (χ1n) is 3.75. The van der Waals surface area contributed by atoms with Crippen LogP contribution in [-0.4, -0.2) is 66.3 Å². The third-order valence-corrected chi connectivity index (χ3v) is 1.47. The summed E-state index contributed by atoms with van der Waals surface area (Å²) in [5, 5.41) is 35.3. The maximum Gasteiger partial charge on any atom is 0.466 e. The average Bonchev–Trinajstić information content (AvgIpc) is 2.05. The normalized spacial score (nSPS) is 36.7. The smallest absolute Gasteiger partial charge is 0.388 e. The molecule has 15 heavy (non-hydrogen) atoms. The number of aliphatic hydroxyl groups is 4. The van der Waals surface area contributed by atoms with Gasteiger partial charge in [-0.1, -0.05) is 0 Å². The van der Waals surface area contributed by atoms with Gasteiger partial charge >= 0.3 is 7.82 Å². The molecule has 7 N–H and O–H groups in total. The van der Waals surface area contributed by atoms with Gasteiger partial charge in [0, 0.05) is 0 Å². The number of hydrogen-bond donors (Lipinski definition) is 7. The van der Waals surface area contributed by atoms with Crippen molar-refractivity contribution in [3.8, 4) is 0 Å². The Kier molecular flexibility index (Phi) is 5.81. The van der Waals surface area contributed by atoms with Gasteiger partial charge < -0.3 is 39.8 Å². The minimum absolute atomic E-state index is 0.153. The summed E-state index contributed by atoms with van der Waals surface area (Å²) in [6.45, 7) is -0.153. The molecule has 0 bridgehead atoms. The van der Waals surface area contributed by atoms with Gasteiger partial charge in [0.15, 0.2) is 6.29 Å². The van der Waals surface area contributed by atoms with Crippen LogP contribution in [0, 0.1) is 0 Å². The monoisotopic (exact) mass is 248 g/mol. The van der Waals surface area contributed by atoms with Crippen LogP contribution in [0.1, 0.15) is 0 Å². The highest BCUT2D eigenvalue weighted by Crippen LogP contribution is 2.25. The Balaban J connectivity index is 0.000000336. The van der Waals surface area contributed by atoms with Crippen LogP contribution < -0.4 is 0 Å². The zero-order valence-electron chi connectivity index (χ0n) is 7.41. The molecule has 92 valence electrons. The van der Waals surface area contributed by atoms with Crippen molar-refractivity contribution in [2.75, 3.05) is 6.61 Å². The largest absolute Gasteiger partial charge is 0.466 e. The summed E-state index contributed by atoms with van der Waals surface area (Å²) in [6.07, 6.45) is -5.23. The van der Waals surface area contributed by atoms with Crippen LogP contribution in [0.4, 0.5) is 0 Å². The van der Waals surface area contributed by atoms with E-state index < -0.39 is 32.4 Å². The molecule has 1 heterocycles. The van der Waals surface area contributed by atoms with E-state index in [1.807, 2.05) is 0 Å². The fraction of sp³-hybridized carbons (Fsp3) is 1.00. The van der Waals surface area contributed by atoms with E-state index in [1.165, 1.54) is 0 Å². The van der Waals surface area contributed by atoms with Gasteiger partial charge in [0.1, 0.15) is 18.3 Å². The Bertz CT molecular complexity index is 204. The van der Waals surface area contributed by atoms with Gasteiger partial charge in [0.05, 0.1) is 6.61 Å². The van der Waals surface area contributed by atoms with E-state index in [0.717, 1.165) is 0 Å². The van der Waals surface area contributed by atoms with Crippen molar-refractivity contribution in [3.63, 3.8) is 0 Å². The van der Waals surface area contributed by atoms with Gasteiger partial charge in [0.2, 0.25) is 0 Å². The SMILES string of the molecule is O=P(O)(O)O.O[C@@H]1[C@@H](O)[C@H](O)OC[C@H]1O. The predicted octanol–water partition coefficient (Wildman–Crippen LogP) is -3.51. The topological polar surface area (TPSA) is 168 Å². The van der Waals surface area contributed by atoms with E-state index in [1.54, 1.807) is 0 Å². The minimum atomic E-state index is -4.64. The molecule has 0 aromatic carbocycles. The first kappa shape index (κ1) is 14.9. The Hall–Kier alpha value is -0.0900. The quantitative estimate of drug-likeness (QED) is 0.215. The van der Waals surface area contributed by atoms with Crippen molar-refractivity contribution in [1.29, 1.82) is 0 Å². The van der Waals surface area contributed by atoms with Crippen LogP contribution in [0.5, 0.6) is 0 Å². The highest BCUT2D eigenvalue weighted by molar-refractivity contribution is 7.45. The number of rotatable bonds is 0. The minimum Gasteiger partial charge on any atom is -0.388 e. The molecule has 0 unspecified atom stereocenters. The van der Waals surface area contributed by atoms with Crippen molar-refractivity contribution in [3.05, 3.63) is 0 Å². The van der Waals surface area contributed by atoms with E-state index in [4.69, 9.17) is 39.7 Å². The third kappa shape index (κ3) is 6.90. The summed E-state index contributed by atoms with van der Waals surface area (Å²) in [5.74, 6) is 0. The van der Waals surface area contributed by atoms with Crippen LogP contribution >= 0.6 is 7.82 Å². The predicted molar refractivity (Wildman–Crippen MR) is 44.2 cm³/mol. The summed E-state index contributed by atoms with van der Waals surface area (Å²) < 4.78 is 13.4. The lowest BCUT2D eigenvalue weighted by atomic mass is 10.1. The molecule has 1 aliphatic rings. The fourth-order valence-electron chi connectivity index (χ4n) is 0.791. The van der Waals surface area contributed by atoms with Crippen LogP contribution in [0.3, 0.4) is 0 Å². The first-order chi connectivity index (χ1) is 6.63. The molecule has 9 nitrogen and oxygen atoms in total. The zero-order chi connectivity index (χ0) is 12.2. The molecular formula is C5H13O9P. The molecule has 0 spiro atoms. The molecule has 4 atom stereocenters. The second-order valence-electron chi connectivity index (χ2n) is 2.79.